The van der Waals surface area contributed by atoms with E-state index in [1.54, 1.807) is 6.20 Å². The van der Waals surface area contributed by atoms with Crippen molar-refractivity contribution in [3.05, 3.63) is 53.7 Å². The number of nitrogens with zero attached hydrogens (tertiary/aromatic N) is 1. The second kappa shape index (κ2) is 6.06. The normalized spacial score (nSPS) is 11.4. The van der Waals surface area contributed by atoms with E-state index in [2.05, 4.69) is 31.1 Å². The summed E-state index contributed by atoms with van der Waals surface area (Å²) in [7, 11) is 0. The van der Waals surface area contributed by atoms with Crippen LogP contribution in [0.1, 0.15) is 31.9 Å². The van der Waals surface area contributed by atoms with Crippen LogP contribution >= 0.6 is 0 Å². The maximum absolute atomic E-state index is 5.84. The maximum Gasteiger partial charge on any atom is 0.219 e. The van der Waals surface area contributed by atoms with Gasteiger partial charge in [-0.15, -0.1) is 0 Å². The zero-order chi connectivity index (χ0) is 14.6. The molecule has 1 aromatic carbocycles. The van der Waals surface area contributed by atoms with Crippen LogP contribution in [0.5, 0.6) is 11.6 Å². The molecule has 1 aromatic heterocycles. The maximum atomic E-state index is 5.84. The first-order valence-electron chi connectivity index (χ1n) is 6.87. The van der Waals surface area contributed by atoms with Crippen LogP contribution in [0.4, 0.5) is 0 Å². The number of ether oxygens (including phenoxy) is 1. The number of hydrogen-bond acceptors (Lipinski definition) is 3. The first-order valence-corrected chi connectivity index (χ1v) is 6.87. The van der Waals surface area contributed by atoms with Gasteiger partial charge in [0.05, 0.1) is 0 Å². The predicted molar refractivity (Wildman–Crippen MR) is 82.1 cm³/mol. The molecule has 2 rings (SSSR count). The minimum absolute atomic E-state index is 0.0975. The molecular weight excluding hydrogens is 248 g/mol. The summed E-state index contributed by atoms with van der Waals surface area (Å²) < 4.78 is 5.84. The molecule has 0 aliphatic carbocycles. The molecule has 0 radical (unpaired) electrons. The molecular formula is C17H22N2O. The first kappa shape index (κ1) is 14.5. The van der Waals surface area contributed by atoms with Crippen molar-refractivity contribution in [3.63, 3.8) is 0 Å². The number of pyridine rings is 1. The third-order valence-electron chi connectivity index (χ3n) is 2.93. The van der Waals surface area contributed by atoms with Gasteiger partial charge in [-0.1, -0.05) is 18.2 Å². The van der Waals surface area contributed by atoms with Crippen molar-refractivity contribution in [3.8, 4) is 11.6 Å². The molecule has 20 heavy (non-hydrogen) atoms. The fourth-order valence-corrected chi connectivity index (χ4v) is 1.77. The molecule has 106 valence electrons. The molecule has 0 aliphatic rings. The standard InChI is InChI=1S/C17H22N2O/c1-13-7-5-6-8-15(13)20-16-11-14(9-10-18-16)12-19-17(2,3)4/h5-11,19H,12H2,1-4H3. The Balaban J connectivity index is 2.08. The Labute approximate surface area is 121 Å². The average molecular weight is 270 g/mol. The summed E-state index contributed by atoms with van der Waals surface area (Å²) in [6, 6.07) is 11.9. The highest BCUT2D eigenvalue weighted by molar-refractivity contribution is 5.35. The quantitative estimate of drug-likeness (QED) is 0.909. The second-order valence-electron chi connectivity index (χ2n) is 5.97. The average Bonchev–Trinajstić information content (AvgIpc) is 2.39. The highest BCUT2D eigenvalue weighted by Crippen LogP contribution is 2.23. The van der Waals surface area contributed by atoms with E-state index in [1.807, 2.05) is 43.3 Å². The number of nitrogens with one attached hydrogen (secondary N) is 1. The lowest BCUT2D eigenvalue weighted by Gasteiger charge is -2.20. The topological polar surface area (TPSA) is 34.1 Å². The molecule has 0 saturated carbocycles. The lowest BCUT2D eigenvalue weighted by atomic mass is 10.1. The molecule has 0 unspecified atom stereocenters. The molecule has 3 nitrogen and oxygen atoms in total. The van der Waals surface area contributed by atoms with E-state index in [4.69, 9.17) is 4.74 Å². The highest BCUT2D eigenvalue weighted by atomic mass is 16.5. The second-order valence-corrected chi connectivity index (χ2v) is 5.97. The number of rotatable bonds is 4. The molecule has 0 atom stereocenters. The van der Waals surface area contributed by atoms with E-state index in [0.29, 0.717) is 5.88 Å². The van der Waals surface area contributed by atoms with Crippen LogP contribution in [0.2, 0.25) is 0 Å². The van der Waals surface area contributed by atoms with Crippen LogP contribution in [0.3, 0.4) is 0 Å². The summed E-state index contributed by atoms with van der Waals surface area (Å²) in [5.74, 6) is 1.48. The fraction of sp³-hybridized carbons (Fsp3) is 0.353. The zero-order valence-corrected chi connectivity index (χ0v) is 12.6. The van der Waals surface area contributed by atoms with Crippen LogP contribution in [0.25, 0.3) is 0 Å². The largest absolute Gasteiger partial charge is 0.439 e. The molecule has 0 spiro atoms. The Morgan fingerprint density at radius 3 is 2.60 bits per heavy atom. The Hall–Kier alpha value is -1.87. The van der Waals surface area contributed by atoms with Gasteiger partial charge in [0.2, 0.25) is 5.88 Å². The van der Waals surface area contributed by atoms with Crippen LogP contribution < -0.4 is 10.1 Å². The highest BCUT2D eigenvalue weighted by Gasteiger charge is 2.09. The number of benzene rings is 1. The molecule has 0 bridgehead atoms. The molecule has 0 aliphatic heterocycles. The van der Waals surface area contributed by atoms with Crippen molar-refractivity contribution >= 4 is 0 Å². The third-order valence-corrected chi connectivity index (χ3v) is 2.93. The third kappa shape index (κ3) is 4.35. The number of aromatic nitrogens is 1. The Morgan fingerprint density at radius 2 is 1.90 bits per heavy atom. The minimum Gasteiger partial charge on any atom is -0.439 e. The van der Waals surface area contributed by atoms with Gasteiger partial charge in [0.15, 0.2) is 0 Å². The first-order chi connectivity index (χ1) is 9.44. The Kier molecular flexibility index (Phi) is 4.40. The predicted octanol–water partition coefficient (Wildman–Crippen LogP) is 4.07. The van der Waals surface area contributed by atoms with Crippen LogP contribution in [-0.2, 0) is 6.54 Å². The lowest BCUT2D eigenvalue weighted by molar-refractivity contribution is 0.421. The van der Waals surface area contributed by atoms with Gasteiger partial charge in [0.1, 0.15) is 5.75 Å². The van der Waals surface area contributed by atoms with E-state index in [0.717, 1.165) is 17.9 Å². The SMILES string of the molecule is Cc1ccccc1Oc1cc(CNC(C)(C)C)ccn1. The smallest absolute Gasteiger partial charge is 0.219 e. The zero-order valence-electron chi connectivity index (χ0n) is 12.6. The summed E-state index contributed by atoms with van der Waals surface area (Å²) in [5.41, 5.74) is 2.37. The molecule has 3 heteroatoms. The molecule has 1 heterocycles. The summed E-state index contributed by atoms with van der Waals surface area (Å²) >= 11 is 0. The van der Waals surface area contributed by atoms with Gasteiger partial charge in [0, 0.05) is 24.3 Å². The Bertz CT molecular complexity index is 573. The molecule has 0 amide bonds. The van der Waals surface area contributed by atoms with E-state index < -0.39 is 0 Å². The van der Waals surface area contributed by atoms with Gasteiger partial charge in [-0.25, -0.2) is 4.98 Å². The van der Waals surface area contributed by atoms with Gasteiger partial charge in [-0.3, -0.25) is 0 Å². The summed E-state index contributed by atoms with van der Waals surface area (Å²) in [5, 5.41) is 3.46. The van der Waals surface area contributed by atoms with E-state index in [1.165, 1.54) is 5.56 Å². The van der Waals surface area contributed by atoms with Crippen molar-refractivity contribution in [1.29, 1.82) is 0 Å². The molecule has 2 aromatic rings. The molecule has 0 saturated heterocycles. The van der Waals surface area contributed by atoms with Crippen molar-refractivity contribution < 1.29 is 4.74 Å². The van der Waals surface area contributed by atoms with Crippen LogP contribution in [0, 0.1) is 6.92 Å². The van der Waals surface area contributed by atoms with Crippen LogP contribution in [0.15, 0.2) is 42.6 Å². The number of aryl methyl sites for hydroxylation is 1. The summed E-state index contributed by atoms with van der Waals surface area (Å²) in [4.78, 5) is 4.27. The van der Waals surface area contributed by atoms with Crippen molar-refractivity contribution in [2.45, 2.75) is 39.8 Å². The number of hydrogen-bond donors (Lipinski definition) is 1. The van der Waals surface area contributed by atoms with Gasteiger partial charge >= 0.3 is 0 Å². The minimum atomic E-state index is 0.0975. The van der Waals surface area contributed by atoms with Gasteiger partial charge < -0.3 is 10.1 Å². The lowest BCUT2D eigenvalue weighted by Crippen LogP contribution is -2.35. The van der Waals surface area contributed by atoms with Gasteiger partial charge in [0.25, 0.3) is 0 Å². The van der Waals surface area contributed by atoms with E-state index >= 15 is 0 Å². The monoisotopic (exact) mass is 270 g/mol. The van der Waals surface area contributed by atoms with E-state index in [9.17, 15) is 0 Å². The molecule has 0 fully saturated rings. The van der Waals surface area contributed by atoms with Crippen molar-refractivity contribution in [2.75, 3.05) is 0 Å². The van der Waals surface area contributed by atoms with E-state index in [-0.39, 0.29) is 5.54 Å². The van der Waals surface area contributed by atoms with Gasteiger partial charge in [-0.2, -0.15) is 0 Å². The van der Waals surface area contributed by atoms with Gasteiger partial charge in [-0.05, 0) is 51.0 Å². The fourth-order valence-electron chi connectivity index (χ4n) is 1.77. The summed E-state index contributed by atoms with van der Waals surface area (Å²) in [6.07, 6.45) is 1.78. The van der Waals surface area contributed by atoms with Crippen LogP contribution in [-0.4, -0.2) is 10.5 Å². The Morgan fingerprint density at radius 1 is 1.15 bits per heavy atom. The molecule has 1 N–H and O–H groups in total. The van der Waals surface area contributed by atoms with Crippen molar-refractivity contribution in [2.24, 2.45) is 0 Å². The summed E-state index contributed by atoms with van der Waals surface area (Å²) in [6.45, 7) is 9.29. The number of para-hydroxylation sites is 1. The van der Waals surface area contributed by atoms with Crippen molar-refractivity contribution in [1.82, 2.24) is 10.3 Å².